The maximum atomic E-state index is 12.2. The van der Waals surface area contributed by atoms with E-state index >= 15 is 0 Å². The number of carbonyl (C=O) groups excluding carboxylic acids is 1. The van der Waals surface area contributed by atoms with Crippen molar-refractivity contribution in [2.24, 2.45) is 5.92 Å². The quantitative estimate of drug-likeness (QED) is 0.284. The van der Waals surface area contributed by atoms with Crippen LogP contribution in [0.2, 0.25) is 0 Å². The van der Waals surface area contributed by atoms with Gasteiger partial charge in [0.25, 0.3) is 0 Å². The Bertz CT molecular complexity index is 1190. The summed E-state index contributed by atoms with van der Waals surface area (Å²) in [5.74, 6) is 0.850. The molecule has 0 atom stereocenters. The van der Waals surface area contributed by atoms with Crippen molar-refractivity contribution in [3.63, 3.8) is 0 Å². The van der Waals surface area contributed by atoms with Crippen LogP contribution in [0, 0.1) is 5.92 Å². The van der Waals surface area contributed by atoms with E-state index in [2.05, 4.69) is 33.4 Å². The van der Waals surface area contributed by atoms with Crippen LogP contribution in [0.4, 0.5) is 5.82 Å². The Balaban J connectivity index is 1.80. The molecule has 0 aliphatic heterocycles. The van der Waals surface area contributed by atoms with Gasteiger partial charge in [-0.15, -0.1) is 0 Å². The standard InChI is InChI=1S/C24H22BrN3O2/c1-16(2)24(29)30-20-11-7-6-10-19(20)22-23(26-14-17-8-4-3-5-9-17)28-15-18(25)12-13-21(28)27-22/h3-13,15-16,26H,14H2,1-2H3. The fourth-order valence-electron chi connectivity index (χ4n) is 3.13. The number of pyridine rings is 1. The van der Waals surface area contributed by atoms with Crippen molar-refractivity contribution < 1.29 is 9.53 Å². The molecule has 0 aliphatic carbocycles. The number of anilines is 1. The van der Waals surface area contributed by atoms with E-state index in [0.717, 1.165) is 32.8 Å². The van der Waals surface area contributed by atoms with E-state index in [1.807, 2.05) is 73.0 Å². The summed E-state index contributed by atoms with van der Waals surface area (Å²) >= 11 is 3.55. The maximum Gasteiger partial charge on any atom is 0.313 e. The van der Waals surface area contributed by atoms with Crippen molar-refractivity contribution in [1.29, 1.82) is 0 Å². The first kappa shape index (κ1) is 20.2. The van der Waals surface area contributed by atoms with Crippen LogP contribution in [0.5, 0.6) is 5.75 Å². The second kappa shape index (κ2) is 8.71. The lowest BCUT2D eigenvalue weighted by Crippen LogP contribution is -2.15. The van der Waals surface area contributed by atoms with Gasteiger partial charge in [-0.25, -0.2) is 4.98 Å². The van der Waals surface area contributed by atoms with Crippen LogP contribution < -0.4 is 10.1 Å². The van der Waals surface area contributed by atoms with E-state index in [9.17, 15) is 4.79 Å². The fraction of sp³-hybridized carbons (Fsp3) is 0.167. The average Bonchev–Trinajstić information content (AvgIpc) is 3.10. The molecule has 0 saturated heterocycles. The summed E-state index contributed by atoms with van der Waals surface area (Å²) in [6.07, 6.45) is 1.97. The van der Waals surface area contributed by atoms with E-state index in [0.29, 0.717) is 12.3 Å². The molecule has 0 radical (unpaired) electrons. The summed E-state index contributed by atoms with van der Waals surface area (Å²) in [6, 6.07) is 21.6. The predicted octanol–water partition coefficient (Wildman–Crippen LogP) is 5.94. The molecule has 4 rings (SSSR count). The number of ether oxygens (including phenoxy) is 1. The topological polar surface area (TPSA) is 55.6 Å². The highest BCUT2D eigenvalue weighted by Gasteiger charge is 2.20. The molecule has 0 spiro atoms. The normalized spacial score (nSPS) is 11.1. The molecule has 0 amide bonds. The monoisotopic (exact) mass is 463 g/mol. The molecule has 2 aromatic heterocycles. The Hall–Kier alpha value is -3.12. The molecule has 2 heterocycles. The van der Waals surface area contributed by atoms with Crippen LogP contribution in [0.1, 0.15) is 19.4 Å². The lowest BCUT2D eigenvalue weighted by atomic mass is 10.1. The summed E-state index contributed by atoms with van der Waals surface area (Å²) in [5.41, 5.74) is 3.46. The molecule has 4 aromatic rings. The molecule has 2 aromatic carbocycles. The van der Waals surface area contributed by atoms with E-state index in [4.69, 9.17) is 9.72 Å². The summed E-state index contributed by atoms with van der Waals surface area (Å²) in [4.78, 5) is 17.1. The number of carbonyl (C=O) groups is 1. The Morgan fingerprint density at radius 2 is 1.80 bits per heavy atom. The van der Waals surface area contributed by atoms with Gasteiger partial charge in [-0.1, -0.05) is 56.3 Å². The van der Waals surface area contributed by atoms with E-state index in [-0.39, 0.29) is 11.9 Å². The summed E-state index contributed by atoms with van der Waals surface area (Å²) in [6.45, 7) is 4.28. The zero-order valence-corrected chi connectivity index (χ0v) is 18.4. The summed E-state index contributed by atoms with van der Waals surface area (Å²) in [5, 5.41) is 3.52. The molecule has 30 heavy (non-hydrogen) atoms. The number of nitrogens with zero attached hydrogens (tertiary/aromatic N) is 2. The lowest BCUT2D eigenvalue weighted by molar-refractivity contribution is -0.137. The molecule has 0 unspecified atom stereocenters. The number of esters is 1. The number of aromatic nitrogens is 2. The second-order valence-corrected chi connectivity index (χ2v) is 8.21. The number of fused-ring (bicyclic) bond motifs is 1. The molecule has 1 N–H and O–H groups in total. The fourth-order valence-corrected chi connectivity index (χ4v) is 3.47. The van der Waals surface area contributed by atoms with Crippen LogP contribution in [-0.2, 0) is 11.3 Å². The first-order chi connectivity index (χ1) is 14.5. The van der Waals surface area contributed by atoms with Gasteiger partial charge in [-0.2, -0.15) is 0 Å². The van der Waals surface area contributed by atoms with Gasteiger partial charge in [0.1, 0.15) is 22.9 Å². The van der Waals surface area contributed by atoms with Crippen LogP contribution in [0.25, 0.3) is 16.9 Å². The number of nitrogens with one attached hydrogen (secondary N) is 1. The molecular weight excluding hydrogens is 442 g/mol. The third-order valence-corrected chi connectivity index (χ3v) is 5.18. The van der Waals surface area contributed by atoms with Crippen LogP contribution in [0.15, 0.2) is 77.4 Å². The van der Waals surface area contributed by atoms with Gasteiger partial charge in [0.15, 0.2) is 0 Å². The van der Waals surface area contributed by atoms with Gasteiger partial charge >= 0.3 is 5.97 Å². The highest BCUT2D eigenvalue weighted by atomic mass is 79.9. The largest absolute Gasteiger partial charge is 0.426 e. The van der Waals surface area contributed by atoms with Crippen molar-refractivity contribution in [3.05, 3.63) is 83.0 Å². The number of hydrogen-bond donors (Lipinski definition) is 1. The van der Waals surface area contributed by atoms with Crippen LogP contribution >= 0.6 is 15.9 Å². The first-order valence-corrected chi connectivity index (χ1v) is 10.6. The Labute approximate surface area is 183 Å². The number of hydrogen-bond acceptors (Lipinski definition) is 4. The number of rotatable bonds is 6. The lowest BCUT2D eigenvalue weighted by Gasteiger charge is -2.13. The Morgan fingerprint density at radius 1 is 1.07 bits per heavy atom. The zero-order valence-electron chi connectivity index (χ0n) is 16.8. The summed E-state index contributed by atoms with van der Waals surface area (Å²) < 4.78 is 8.62. The molecule has 5 nitrogen and oxygen atoms in total. The van der Waals surface area contributed by atoms with Crippen molar-refractivity contribution in [3.8, 4) is 17.0 Å². The Kier molecular flexibility index (Phi) is 5.86. The summed E-state index contributed by atoms with van der Waals surface area (Å²) in [7, 11) is 0. The van der Waals surface area contributed by atoms with Crippen molar-refractivity contribution in [1.82, 2.24) is 9.38 Å². The van der Waals surface area contributed by atoms with E-state index in [1.54, 1.807) is 6.07 Å². The number of halogens is 1. The van der Waals surface area contributed by atoms with Gasteiger partial charge in [0.05, 0.1) is 5.92 Å². The molecule has 0 aliphatic rings. The SMILES string of the molecule is CC(C)C(=O)Oc1ccccc1-c1nc2ccc(Br)cn2c1NCc1ccccc1. The van der Waals surface area contributed by atoms with E-state index < -0.39 is 0 Å². The minimum Gasteiger partial charge on any atom is -0.426 e. The predicted molar refractivity (Wildman–Crippen MR) is 123 cm³/mol. The molecule has 0 fully saturated rings. The second-order valence-electron chi connectivity index (χ2n) is 7.30. The van der Waals surface area contributed by atoms with Gasteiger partial charge in [0, 0.05) is 22.8 Å². The average molecular weight is 464 g/mol. The minimum absolute atomic E-state index is 0.217. The highest BCUT2D eigenvalue weighted by molar-refractivity contribution is 9.10. The van der Waals surface area contributed by atoms with Crippen molar-refractivity contribution in [2.45, 2.75) is 20.4 Å². The molecule has 0 saturated carbocycles. The number of benzene rings is 2. The van der Waals surface area contributed by atoms with Gasteiger partial charge in [-0.05, 0) is 45.8 Å². The van der Waals surface area contributed by atoms with Crippen LogP contribution in [-0.4, -0.2) is 15.4 Å². The minimum atomic E-state index is -0.271. The zero-order chi connectivity index (χ0) is 21.1. The smallest absolute Gasteiger partial charge is 0.313 e. The third-order valence-electron chi connectivity index (χ3n) is 4.71. The van der Waals surface area contributed by atoms with Crippen molar-refractivity contribution in [2.75, 3.05) is 5.32 Å². The number of imidazole rings is 1. The highest BCUT2D eigenvalue weighted by Crippen LogP contribution is 2.36. The number of para-hydroxylation sites is 1. The first-order valence-electron chi connectivity index (χ1n) is 9.79. The van der Waals surface area contributed by atoms with Gasteiger partial charge < -0.3 is 10.1 Å². The molecule has 0 bridgehead atoms. The van der Waals surface area contributed by atoms with Gasteiger partial charge in [-0.3, -0.25) is 9.20 Å². The maximum absolute atomic E-state index is 12.2. The molecule has 152 valence electrons. The third kappa shape index (κ3) is 4.24. The van der Waals surface area contributed by atoms with Crippen molar-refractivity contribution >= 4 is 33.4 Å². The van der Waals surface area contributed by atoms with E-state index in [1.165, 1.54) is 0 Å². The van der Waals surface area contributed by atoms with Gasteiger partial charge in [0.2, 0.25) is 0 Å². The molecular formula is C24H22BrN3O2. The molecule has 6 heteroatoms. The van der Waals surface area contributed by atoms with Crippen LogP contribution in [0.3, 0.4) is 0 Å². The Morgan fingerprint density at radius 3 is 2.57 bits per heavy atom.